The summed E-state index contributed by atoms with van der Waals surface area (Å²) in [5, 5.41) is 121. The number of aliphatic hydroxyl groups is 11. The summed E-state index contributed by atoms with van der Waals surface area (Å²) < 4.78 is 34.4. The van der Waals surface area contributed by atoms with Crippen LogP contribution in [0.3, 0.4) is 0 Å². The number of allylic oxidation sites excluding steroid dienone is 13. The summed E-state index contributed by atoms with van der Waals surface area (Å²) in [6.07, 6.45) is 61.7. The van der Waals surface area contributed by atoms with E-state index in [0.717, 1.165) is 70.6 Å². The zero-order valence-corrected chi connectivity index (χ0v) is 65.4. The molecule has 0 aliphatic carbocycles. The van der Waals surface area contributed by atoms with Crippen LogP contribution in [0, 0.1) is 0 Å². The Morgan fingerprint density at radius 3 is 1.07 bits per heavy atom. The summed E-state index contributed by atoms with van der Waals surface area (Å²) in [4.78, 5) is 13.5. The maximum atomic E-state index is 13.5. The van der Waals surface area contributed by atoms with Gasteiger partial charge in [0.2, 0.25) is 5.91 Å². The minimum absolute atomic E-state index is 0.237. The average molecular weight is 1490 g/mol. The van der Waals surface area contributed by atoms with E-state index < -0.39 is 124 Å². The molecule has 610 valence electrons. The van der Waals surface area contributed by atoms with Crippen LogP contribution in [-0.4, -0.2) is 193 Å². The lowest BCUT2D eigenvalue weighted by atomic mass is 9.96. The van der Waals surface area contributed by atoms with Gasteiger partial charge in [-0.3, -0.25) is 4.79 Å². The van der Waals surface area contributed by atoms with Crippen molar-refractivity contribution in [1.82, 2.24) is 5.32 Å². The van der Waals surface area contributed by atoms with Crippen LogP contribution in [0.4, 0.5) is 0 Å². The number of nitrogens with one attached hydrogen (secondary N) is 1. The molecule has 3 fully saturated rings. The minimum atomic E-state index is -1.98. The van der Waals surface area contributed by atoms with Gasteiger partial charge in [-0.15, -0.1) is 0 Å². The van der Waals surface area contributed by atoms with Gasteiger partial charge in [0.1, 0.15) is 73.2 Å². The highest BCUT2D eigenvalue weighted by molar-refractivity contribution is 5.76. The molecule has 19 heteroatoms. The molecule has 12 N–H and O–H groups in total. The van der Waals surface area contributed by atoms with E-state index in [1.807, 2.05) is 6.08 Å². The number of aliphatic hydroxyl groups excluding tert-OH is 11. The van der Waals surface area contributed by atoms with Crippen molar-refractivity contribution in [3.05, 3.63) is 85.1 Å². The van der Waals surface area contributed by atoms with Crippen molar-refractivity contribution in [2.75, 3.05) is 26.4 Å². The molecule has 3 rings (SSSR count). The van der Waals surface area contributed by atoms with E-state index in [-0.39, 0.29) is 18.9 Å². The quantitative estimate of drug-likeness (QED) is 0.0199. The van der Waals surface area contributed by atoms with Crippen LogP contribution >= 0.6 is 0 Å². The summed E-state index contributed by atoms with van der Waals surface area (Å²) in [6, 6.07) is -0.992. The number of ether oxygens (including phenoxy) is 6. The molecule has 0 spiro atoms. The molecule has 0 saturated carbocycles. The number of rotatable bonds is 67. The van der Waals surface area contributed by atoms with Gasteiger partial charge in [-0.1, -0.05) is 324 Å². The van der Waals surface area contributed by atoms with E-state index >= 15 is 0 Å². The molecule has 3 aliphatic rings. The van der Waals surface area contributed by atoms with Crippen molar-refractivity contribution in [3.63, 3.8) is 0 Å². The van der Waals surface area contributed by atoms with Gasteiger partial charge in [0.25, 0.3) is 0 Å². The largest absolute Gasteiger partial charge is 0.394 e. The van der Waals surface area contributed by atoms with Gasteiger partial charge in [-0.05, 0) is 77.0 Å². The SMILES string of the molecule is CC/C=C\C/C=C\C/C=C\C/C=C\C/C=C\CCCCCCCCCCCCCCCCCCCCCCCCCCCC(=O)NC(COC1OC(CO)C(OC2OC(CO)C(OC3OC(CO)C(O)C(O)C3O)C(O)C2O)C(O)C1O)C(O)/C=C/CC/C=C/CCCCCCCCCCCCCCC. The van der Waals surface area contributed by atoms with Gasteiger partial charge in [0.15, 0.2) is 18.9 Å². The Bertz CT molecular complexity index is 2230. The number of unbranched alkanes of at least 4 members (excludes halogenated alkanes) is 39. The lowest BCUT2D eigenvalue weighted by Crippen LogP contribution is -2.66. The fourth-order valence-electron chi connectivity index (χ4n) is 13.9. The van der Waals surface area contributed by atoms with Gasteiger partial charge in [-0.2, -0.15) is 0 Å². The number of hydrogen-bond donors (Lipinski definition) is 12. The molecule has 0 aromatic heterocycles. The molecule has 0 radical (unpaired) electrons. The van der Waals surface area contributed by atoms with Crippen LogP contribution in [0.15, 0.2) is 85.1 Å². The normalized spacial score (nSPS) is 26.2. The Hall–Kier alpha value is -3.03. The first-order chi connectivity index (χ1) is 51.3. The van der Waals surface area contributed by atoms with Crippen LogP contribution in [-0.2, 0) is 33.2 Å². The topological polar surface area (TPSA) is 307 Å². The lowest BCUT2D eigenvalue weighted by molar-refractivity contribution is -0.379. The van der Waals surface area contributed by atoms with Crippen LogP contribution < -0.4 is 5.32 Å². The van der Waals surface area contributed by atoms with Crippen molar-refractivity contribution in [3.8, 4) is 0 Å². The van der Waals surface area contributed by atoms with Crippen molar-refractivity contribution >= 4 is 5.91 Å². The number of carbonyl (C=O) groups is 1. The Morgan fingerprint density at radius 1 is 0.352 bits per heavy atom. The van der Waals surface area contributed by atoms with E-state index in [1.165, 1.54) is 218 Å². The first-order valence-electron chi connectivity index (χ1n) is 42.3. The van der Waals surface area contributed by atoms with E-state index in [2.05, 4.69) is 92.1 Å². The van der Waals surface area contributed by atoms with Crippen LogP contribution in [0.1, 0.15) is 322 Å². The van der Waals surface area contributed by atoms with Gasteiger partial charge >= 0.3 is 0 Å². The molecular weight excluding hydrogens is 1330 g/mol. The molecule has 17 unspecified atom stereocenters. The predicted molar refractivity (Wildman–Crippen MR) is 420 cm³/mol. The first kappa shape index (κ1) is 96.2. The maximum absolute atomic E-state index is 13.5. The maximum Gasteiger partial charge on any atom is 0.220 e. The summed E-state index contributed by atoms with van der Waals surface area (Å²) in [5.74, 6) is -0.281. The zero-order chi connectivity index (χ0) is 76.0. The number of carbonyl (C=O) groups excluding carboxylic acids is 1. The van der Waals surface area contributed by atoms with Gasteiger partial charge in [0, 0.05) is 6.42 Å². The minimum Gasteiger partial charge on any atom is -0.394 e. The van der Waals surface area contributed by atoms with Crippen LogP contribution in [0.2, 0.25) is 0 Å². The molecule has 0 bridgehead atoms. The van der Waals surface area contributed by atoms with Gasteiger partial charge in [-0.25, -0.2) is 0 Å². The average Bonchev–Trinajstić information content (AvgIpc) is 0.781. The molecular formula is C86H153NO18. The summed E-state index contributed by atoms with van der Waals surface area (Å²) in [7, 11) is 0. The highest BCUT2D eigenvalue weighted by Crippen LogP contribution is 2.33. The summed E-state index contributed by atoms with van der Waals surface area (Å²) in [6.45, 7) is 1.63. The Balaban J connectivity index is 1.30. The Morgan fingerprint density at radius 2 is 0.667 bits per heavy atom. The van der Waals surface area contributed by atoms with Crippen LogP contribution in [0.25, 0.3) is 0 Å². The highest BCUT2D eigenvalue weighted by atomic mass is 16.8. The number of hydrogen-bond acceptors (Lipinski definition) is 18. The smallest absolute Gasteiger partial charge is 0.220 e. The van der Waals surface area contributed by atoms with Gasteiger partial charge in [0.05, 0.1) is 38.6 Å². The van der Waals surface area contributed by atoms with Crippen LogP contribution in [0.5, 0.6) is 0 Å². The van der Waals surface area contributed by atoms with E-state index in [0.29, 0.717) is 12.8 Å². The molecule has 17 atom stereocenters. The van der Waals surface area contributed by atoms with Crippen molar-refractivity contribution < 1.29 is 89.4 Å². The fraction of sp³-hybridized carbons (Fsp3) is 0.826. The van der Waals surface area contributed by atoms with Crippen molar-refractivity contribution in [1.29, 1.82) is 0 Å². The molecule has 3 saturated heterocycles. The Labute approximate surface area is 635 Å². The standard InChI is InChI=1S/C86H153NO18/c1-3-5-7-9-11-13-15-17-19-21-23-24-25-26-27-28-29-30-31-32-33-34-35-36-37-38-39-40-41-42-43-44-46-48-50-52-54-56-58-60-62-64-74(92)87-69(70(91)63-61-59-57-55-53-51-49-47-45-22-20-18-16-14-12-10-8-6-4-2)68-100-84-80(98)77(95)82(72(66-89)102-84)105-86-81(99)78(96)83(73(67-90)103-86)104-85-79(97)76(94)75(93)71(65-88)101-85/h5,7,11,13,17,19,23-24,26-27,53,55,61,63,69-73,75-86,88-91,93-99H,3-4,6,8-10,12,14-16,18,20-22,25,28-52,54,56-60,62,64-68H2,1-2H3,(H,87,92)/b7-5-,13-11-,19-17-,24-23-,27-26-,55-53+,63-61+. The van der Waals surface area contributed by atoms with E-state index in [9.17, 15) is 61.0 Å². The first-order valence-corrected chi connectivity index (χ1v) is 42.3. The fourth-order valence-corrected chi connectivity index (χ4v) is 13.9. The van der Waals surface area contributed by atoms with Crippen molar-refractivity contribution in [2.45, 2.75) is 426 Å². The van der Waals surface area contributed by atoms with E-state index in [4.69, 9.17) is 28.4 Å². The molecule has 19 nitrogen and oxygen atoms in total. The lowest BCUT2D eigenvalue weighted by Gasteiger charge is -2.48. The third kappa shape index (κ3) is 45.2. The predicted octanol–water partition coefficient (Wildman–Crippen LogP) is 15.0. The molecule has 1 amide bonds. The third-order valence-electron chi connectivity index (χ3n) is 20.7. The van der Waals surface area contributed by atoms with Crippen molar-refractivity contribution in [2.24, 2.45) is 0 Å². The molecule has 105 heavy (non-hydrogen) atoms. The number of amides is 1. The monoisotopic (exact) mass is 1490 g/mol. The second kappa shape index (κ2) is 65.7. The molecule has 0 aromatic carbocycles. The molecule has 3 aliphatic heterocycles. The molecule has 0 aromatic rings. The second-order valence-corrected chi connectivity index (χ2v) is 29.9. The van der Waals surface area contributed by atoms with E-state index in [1.54, 1.807) is 6.08 Å². The second-order valence-electron chi connectivity index (χ2n) is 29.9. The Kier molecular flexibility index (Phi) is 60.1. The summed E-state index contributed by atoms with van der Waals surface area (Å²) in [5.41, 5.74) is 0. The van der Waals surface area contributed by atoms with Gasteiger partial charge < -0.3 is 89.9 Å². The third-order valence-corrected chi connectivity index (χ3v) is 20.7. The molecule has 3 heterocycles. The zero-order valence-electron chi connectivity index (χ0n) is 65.4. The highest BCUT2D eigenvalue weighted by Gasteiger charge is 2.54. The summed E-state index contributed by atoms with van der Waals surface area (Å²) >= 11 is 0.